The predicted octanol–water partition coefficient (Wildman–Crippen LogP) is 3.00. The summed E-state index contributed by atoms with van der Waals surface area (Å²) < 4.78 is 5.27. The van der Waals surface area contributed by atoms with Crippen LogP contribution in [0.15, 0.2) is 18.2 Å². The first kappa shape index (κ1) is 13.4. The van der Waals surface area contributed by atoms with E-state index in [4.69, 9.17) is 16.3 Å². The van der Waals surface area contributed by atoms with Gasteiger partial charge in [0.25, 0.3) is 0 Å². The zero-order valence-corrected chi connectivity index (χ0v) is 11.1. The Morgan fingerprint density at radius 1 is 1.44 bits per heavy atom. The number of benzene rings is 1. The smallest absolute Gasteiger partial charge is 0.0978 e. The third-order valence-corrected chi connectivity index (χ3v) is 4.05. The van der Waals surface area contributed by atoms with Crippen LogP contribution >= 0.6 is 11.6 Å². The number of aliphatic hydroxyl groups is 1. The first-order chi connectivity index (χ1) is 8.59. The SMILES string of the molecule is Cc1ccc(C(O)C2(C#N)CCOCC2)cc1Cl. The maximum atomic E-state index is 10.5. The number of rotatable bonds is 2. The monoisotopic (exact) mass is 265 g/mol. The normalized spacial score (nSPS) is 20.1. The van der Waals surface area contributed by atoms with Gasteiger partial charge in [-0.2, -0.15) is 5.26 Å². The summed E-state index contributed by atoms with van der Waals surface area (Å²) in [5.74, 6) is 0. The molecule has 0 spiro atoms. The number of nitriles is 1. The Morgan fingerprint density at radius 2 is 2.11 bits per heavy atom. The highest BCUT2D eigenvalue weighted by Crippen LogP contribution is 2.42. The molecule has 2 rings (SSSR count). The number of ether oxygens (including phenoxy) is 1. The Morgan fingerprint density at radius 3 is 2.67 bits per heavy atom. The van der Waals surface area contributed by atoms with Gasteiger partial charge in [-0.05, 0) is 37.0 Å². The average molecular weight is 266 g/mol. The van der Waals surface area contributed by atoms with Gasteiger partial charge in [0.15, 0.2) is 0 Å². The quantitative estimate of drug-likeness (QED) is 0.894. The number of aryl methyl sites for hydroxylation is 1. The van der Waals surface area contributed by atoms with E-state index in [9.17, 15) is 10.4 Å². The van der Waals surface area contributed by atoms with Crippen LogP contribution in [-0.2, 0) is 4.74 Å². The van der Waals surface area contributed by atoms with Crippen molar-refractivity contribution < 1.29 is 9.84 Å². The van der Waals surface area contributed by atoms with E-state index in [-0.39, 0.29) is 0 Å². The summed E-state index contributed by atoms with van der Waals surface area (Å²) in [7, 11) is 0. The highest BCUT2D eigenvalue weighted by molar-refractivity contribution is 6.31. The third kappa shape index (κ3) is 2.37. The van der Waals surface area contributed by atoms with Gasteiger partial charge in [-0.25, -0.2) is 0 Å². The summed E-state index contributed by atoms with van der Waals surface area (Å²) in [6, 6.07) is 7.72. The van der Waals surface area contributed by atoms with Crippen LogP contribution in [0.3, 0.4) is 0 Å². The molecule has 0 bridgehead atoms. The molecule has 1 aromatic rings. The average Bonchev–Trinajstić information content (AvgIpc) is 2.42. The summed E-state index contributed by atoms with van der Waals surface area (Å²) in [4.78, 5) is 0. The second-order valence-corrected chi connectivity index (χ2v) is 5.20. The van der Waals surface area contributed by atoms with Crippen molar-refractivity contribution in [3.8, 4) is 6.07 Å². The predicted molar refractivity (Wildman–Crippen MR) is 69.2 cm³/mol. The molecule has 18 heavy (non-hydrogen) atoms. The van der Waals surface area contributed by atoms with Gasteiger partial charge >= 0.3 is 0 Å². The fourth-order valence-corrected chi connectivity index (χ4v) is 2.47. The van der Waals surface area contributed by atoms with Gasteiger partial charge in [0.1, 0.15) is 0 Å². The molecule has 0 aromatic heterocycles. The molecule has 1 aliphatic rings. The molecule has 1 N–H and O–H groups in total. The fraction of sp³-hybridized carbons (Fsp3) is 0.500. The van der Waals surface area contributed by atoms with Crippen LogP contribution in [0.5, 0.6) is 0 Å². The largest absolute Gasteiger partial charge is 0.387 e. The van der Waals surface area contributed by atoms with Crippen LogP contribution in [0.1, 0.15) is 30.1 Å². The zero-order valence-electron chi connectivity index (χ0n) is 10.3. The lowest BCUT2D eigenvalue weighted by Gasteiger charge is -2.35. The van der Waals surface area contributed by atoms with E-state index in [0.717, 1.165) is 5.56 Å². The Kier molecular flexibility index (Phi) is 3.91. The second kappa shape index (κ2) is 5.27. The van der Waals surface area contributed by atoms with E-state index in [2.05, 4.69) is 6.07 Å². The maximum Gasteiger partial charge on any atom is 0.0978 e. The van der Waals surface area contributed by atoms with E-state index in [0.29, 0.717) is 36.6 Å². The van der Waals surface area contributed by atoms with Gasteiger partial charge in [0, 0.05) is 18.2 Å². The van der Waals surface area contributed by atoms with Crippen molar-refractivity contribution in [2.24, 2.45) is 5.41 Å². The molecule has 1 aromatic carbocycles. The molecule has 3 nitrogen and oxygen atoms in total. The van der Waals surface area contributed by atoms with E-state index in [1.54, 1.807) is 6.07 Å². The number of halogens is 1. The molecule has 1 aliphatic heterocycles. The van der Waals surface area contributed by atoms with Crippen LogP contribution in [-0.4, -0.2) is 18.3 Å². The summed E-state index contributed by atoms with van der Waals surface area (Å²) in [5.41, 5.74) is 0.913. The third-order valence-electron chi connectivity index (χ3n) is 3.64. The van der Waals surface area contributed by atoms with Gasteiger partial charge < -0.3 is 9.84 Å². The van der Waals surface area contributed by atoms with Gasteiger partial charge in [0.05, 0.1) is 17.6 Å². The standard InChI is InChI=1S/C14H16ClNO2/c1-10-2-3-11(8-12(10)15)13(17)14(9-16)4-6-18-7-5-14/h2-3,8,13,17H,4-7H2,1H3. The lowest BCUT2D eigenvalue weighted by atomic mass is 9.74. The lowest BCUT2D eigenvalue weighted by molar-refractivity contribution is -0.0310. The Hall–Kier alpha value is -1.08. The molecule has 1 atom stereocenters. The first-order valence-corrected chi connectivity index (χ1v) is 6.40. The number of nitrogens with zero attached hydrogens (tertiary/aromatic N) is 1. The van der Waals surface area contributed by atoms with Crippen molar-refractivity contribution in [3.05, 3.63) is 34.3 Å². The second-order valence-electron chi connectivity index (χ2n) is 4.79. The molecule has 0 amide bonds. The summed E-state index contributed by atoms with van der Waals surface area (Å²) >= 11 is 6.07. The highest BCUT2D eigenvalue weighted by atomic mass is 35.5. The van der Waals surface area contributed by atoms with Gasteiger partial charge in [-0.1, -0.05) is 23.7 Å². The van der Waals surface area contributed by atoms with Crippen LogP contribution < -0.4 is 0 Å². The minimum atomic E-state index is -0.815. The van der Waals surface area contributed by atoms with E-state index in [1.165, 1.54) is 0 Å². The Labute approximate surface area is 112 Å². The molecule has 96 valence electrons. The Bertz CT molecular complexity index is 475. The van der Waals surface area contributed by atoms with E-state index < -0.39 is 11.5 Å². The van der Waals surface area contributed by atoms with Gasteiger partial charge in [0.2, 0.25) is 0 Å². The molecule has 4 heteroatoms. The van der Waals surface area contributed by atoms with Crippen LogP contribution in [0.4, 0.5) is 0 Å². The molecule has 0 aliphatic carbocycles. The van der Waals surface area contributed by atoms with Crippen LogP contribution in [0, 0.1) is 23.7 Å². The molecule has 1 fully saturated rings. The van der Waals surface area contributed by atoms with E-state index in [1.807, 2.05) is 19.1 Å². The topological polar surface area (TPSA) is 53.2 Å². The van der Waals surface area contributed by atoms with Crippen molar-refractivity contribution >= 4 is 11.6 Å². The fourth-order valence-electron chi connectivity index (χ4n) is 2.28. The molecule has 0 saturated carbocycles. The van der Waals surface area contributed by atoms with Crippen molar-refractivity contribution in [2.75, 3.05) is 13.2 Å². The molecule has 0 radical (unpaired) electrons. The zero-order chi connectivity index (χ0) is 13.2. The molecular weight excluding hydrogens is 250 g/mol. The summed E-state index contributed by atoms with van der Waals surface area (Å²) in [6.45, 7) is 2.95. The van der Waals surface area contributed by atoms with Crippen molar-refractivity contribution in [3.63, 3.8) is 0 Å². The molecule has 1 saturated heterocycles. The van der Waals surface area contributed by atoms with Crippen molar-refractivity contribution in [2.45, 2.75) is 25.9 Å². The Balaban J connectivity index is 2.31. The first-order valence-electron chi connectivity index (χ1n) is 6.02. The summed E-state index contributed by atoms with van der Waals surface area (Å²) in [5, 5.41) is 20.5. The minimum Gasteiger partial charge on any atom is -0.387 e. The number of hydrogen-bond donors (Lipinski definition) is 1. The molecule has 1 unspecified atom stereocenters. The lowest BCUT2D eigenvalue weighted by Crippen LogP contribution is -2.34. The van der Waals surface area contributed by atoms with Crippen LogP contribution in [0.2, 0.25) is 5.02 Å². The molecule has 1 heterocycles. The van der Waals surface area contributed by atoms with Crippen molar-refractivity contribution in [1.29, 1.82) is 5.26 Å². The van der Waals surface area contributed by atoms with Gasteiger partial charge in [-0.3, -0.25) is 0 Å². The van der Waals surface area contributed by atoms with E-state index >= 15 is 0 Å². The minimum absolute atomic E-state index is 0.518. The van der Waals surface area contributed by atoms with Crippen molar-refractivity contribution in [1.82, 2.24) is 0 Å². The maximum absolute atomic E-state index is 10.5. The molecular formula is C14H16ClNO2. The number of hydrogen-bond acceptors (Lipinski definition) is 3. The van der Waals surface area contributed by atoms with Gasteiger partial charge in [-0.15, -0.1) is 0 Å². The summed E-state index contributed by atoms with van der Waals surface area (Å²) in [6.07, 6.45) is 0.288. The number of aliphatic hydroxyl groups excluding tert-OH is 1. The highest BCUT2D eigenvalue weighted by Gasteiger charge is 2.40. The van der Waals surface area contributed by atoms with Crippen LogP contribution in [0.25, 0.3) is 0 Å².